The molecule has 0 aliphatic rings. The number of carbonyl (C=O) groups excluding carboxylic acids is 1. The molecular weight excluding hydrogens is 412 g/mol. The van der Waals surface area contributed by atoms with Gasteiger partial charge in [0.15, 0.2) is 0 Å². The quantitative estimate of drug-likeness (QED) is 0.384. The lowest BCUT2D eigenvalue weighted by Crippen LogP contribution is -2.24. The number of anilines is 1. The van der Waals surface area contributed by atoms with Gasteiger partial charge < -0.3 is 25.7 Å². The minimum atomic E-state index is -1.64. The number of rotatable bonds is 7. The van der Waals surface area contributed by atoms with E-state index < -0.39 is 46.0 Å². The number of aromatic amines is 1. The topological polar surface area (TPSA) is 160 Å². The number of esters is 1. The van der Waals surface area contributed by atoms with Crippen LogP contribution >= 0.6 is 23.4 Å². The van der Waals surface area contributed by atoms with Crippen molar-refractivity contribution in [3.8, 4) is 11.1 Å². The molecule has 0 aliphatic heterocycles. The molecule has 2 aromatic rings. The maximum atomic E-state index is 12.2. The Morgan fingerprint density at radius 1 is 1.18 bits per heavy atom. The smallest absolute Gasteiger partial charge is 0.342 e. The fourth-order valence-electron chi connectivity index (χ4n) is 2.51. The molecule has 0 fully saturated rings. The second-order valence-electron chi connectivity index (χ2n) is 5.39. The van der Waals surface area contributed by atoms with Crippen LogP contribution in [0.1, 0.15) is 27.1 Å². The van der Waals surface area contributed by atoms with Gasteiger partial charge in [0, 0.05) is 26.8 Å². The molecule has 0 amide bonds. The van der Waals surface area contributed by atoms with E-state index in [1.165, 1.54) is 13.2 Å². The summed E-state index contributed by atoms with van der Waals surface area (Å²) < 4.78 is 4.56. The molecular formula is C17H15ClN2O7S. The van der Waals surface area contributed by atoms with Gasteiger partial charge in [-0.2, -0.15) is 0 Å². The molecule has 1 heterocycles. The van der Waals surface area contributed by atoms with Gasteiger partial charge in [-0.3, -0.25) is 9.59 Å². The minimum absolute atomic E-state index is 0.0260. The van der Waals surface area contributed by atoms with E-state index in [0.717, 1.165) is 11.8 Å². The lowest BCUT2D eigenvalue weighted by atomic mass is 9.95. The van der Waals surface area contributed by atoms with E-state index in [-0.39, 0.29) is 22.8 Å². The molecule has 1 aromatic carbocycles. The van der Waals surface area contributed by atoms with Crippen LogP contribution in [0.4, 0.5) is 5.82 Å². The standard InChI is InChI=1S/C17H15ClN2O7S/c1-27-9(21)5-6-28-8-4-2-3-7(18)10(8)11-12(16(23)24)14(19)20-15(22)13(11)17(25)26/h2-4H,5-6H2,1H3,(H,23,24)(H,25,26)(H3,19,20,22). The molecule has 0 saturated carbocycles. The molecule has 0 radical (unpaired) electrons. The summed E-state index contributed by atoms with van der Waals surface area (Å²) in [6.07, 6.45) is 0.0577. The zero-order valence-electron chi connectivity index (χ0n) is 14.4. The highest BCUT2D eigenvalue weighted by Gasteiger charge is 2.29. The molecule has 28 heavy (non-hydrogen) atoms. The number of thioether (sulfide) groups is 1. The summed E-state index contributed by atoms with van der Waals surface area (Å²) in [5, 5.41) is 19.1. The SMILES string of the molecule is COC(=O)CCSc1cccc(Cl)c1-c1c(C(=O)O)c(N)[nH]c(=O)c1C(=O)O. The predicted molar refractivity (Wildman–Crippen MR) is 103 cm³/mol. The van der Waals surface area contributed by atoms with Crippen LogP contribution < -0.4 is 11.3 Å². The van der Waals surface area contributed by atoms with Crippen molar-refractivity contribution >= 4 is 47.1 Å². The van der Waals surface area contributed by atoms with Crippen LogP contribution in [-0.2, 0) is 9.53 Å². The van der Waals surface area contributed by atoms with Crippen LogP contribution in [0.5, 0.6) is 0 Å². The number of methoxy groups -OCH3 is 1. The highest BCUT2D eigenvalue weighted by Crippen LogP contribution is 2.41. The van der Waals surface area contributed by atoms with Crippen molar-refractivity contribution < 1.29 is 29.3 Å². The first kappa shape index (κ1) is 21.3. The molecule has 5 N–H and O–H groups in total. The maximum Gasteiger partial charge on any atom is 0.342 e. The van der Waals surface area contributed by atoms with Crippen LogP contribution in [0.25, 0.3) is 11.1 Å². The third kappa shape index (κ3) is 4.29. The number of nitrogen functional groups attached to an aromatic ring is 1. The average Bonchev–Trinajstić information content (AvgIpc) is 2.60. The van der Waals surface area contributed by atoms with Gasteiger partial charge >= 0.3 is 17.9 Å². The summed E-state index contributed by atoms with van der Waals surface area (Å²) in [4.78, 5) is 49.4. The van der Waals surface area contributed by atoms with Crippen molar-refractivity contribution in [2.24, 2.45) is 0 Å². The summed E-state index contributed by atoms with van der Waals surface area (Å²) in [5.74, 6) is -3.86. The second-order valence-corrected chi connectivity index (χ2v) is 6.93. The van der Waals surface area contributed by atoms with Gasteiger partial charge in [0.05, 0.1) is 13.5 Å². The lowest BCUT2D eigenvalue weighted by Gasteiger charge is -2.16. The molecule has 0 aliphatic carbocycles. The number of nitrogens with two attached hydrogens (primary N) is 1. The first-order valence-corrected chi connectivity index (χ1v) is 9.06. The number of hydrogen-bond donors (Lipinski definition) is 4. The van der Waals surface area contributed by atoms with E-state index in [1.54, 1.807) is 12.1 Å². The van der Waals surface area contributed by atoms with E-state index in [2.05, 4.69) is 4.74 Å². The van der Waals surface area contributed by atoms with Crippen molar-refractivity contribution in [2.45, 2.75) is 11.3 Å². The first-order valence-electron chi connectivity index (χ1n) is 7.69. The van der Waals surface area contributed by atoms with E-state index in [4.69, 9.17) is 17.3 Å². The van der Waals surface area contributed by atoms with Gasteiger partial charge in [-0.25, -0.2) is 9.59 Å². The third-order valence-corrected chi connectivity index (χ3v) is 5.06. The third-order valence-electron chi connectivity index (χ3n) is 3.69. The maximum absolute atomic E-state index is 12.2. The number of aromatic nitrogens is 1. The van der Waals surface area contributed by atoms with Crippen LogP contribution in [0.2, 0.25) is 5.02 Å². The number of benzene rings is 1. The van der Waals surface area contributed by atoms with Crippen LogP contribution in [0.3, 0.4) is 0 Å². The molecule has 0 unspecified atom stereocenters. The zero-order chi connectivity index (χ0) is 21.0. The first-order chi connectivity index (χ1) is 13.2. The summed E-state index contributed by atoms with van der Waals surface area (Å²) in [6, 6.07) is 4.57. The van der Waals surface area contributed by atoms with Gasteiger partial charge in [-0.15, -0.1) is 11.8 Å². The number of H-pyrrole nitrogens is 1. The number of carboxylic acid groups (broad SMARTS) is 2. The number of nitrogens with one attached hydrogen (secondary N) is 1. The van der Waals surface area contributed by atoms with E-state index in [1.807, 2.05) is 4.98 Å². The number of carboxylic acids is 2. The summed E-state index contributed by atoms with van der Waals surface area (Å²) in [5.41, 5.74) is 2.85. The molecule has 2 rings (SSSR count). The number of aromatic carboxylic acids is 2. The Morgan fingerprint density at radius 2 is 1.82 bits per heavy atom. The Hall–Kier alpha value is -2.98. The average molecular weight is 427 g/mol. The molecule has 0 atom stereocenters. The molecule has 9 nitrogen and oxygen atoms in total. The number of ether oxygens (including phenoxy) is 1. The Labute approximate surface area is 167 Å². The molecule has 1 aromatic heterocycles. The molecule has 0 bridgehead atoms. The Morgan fingerprint density at radius 3 is 2.39 bits per heavy atom. The monoisotopic (exact) mass is 426 g/mol. The number of pyridine rings is 1. The lowest BCUT2D eigenvalue weighted by molar-refractivity contribution is -0.140. The largest absolute Gasteiger partial charge is 0.478 e. The van der Waals surface area contributed by atoms with Crippen molar-refractivity contribution in [1.82, 2.24) is 4.98 Å². The number of hydrogen-bond acceptors (Lipinski definition) is 7. The normalized spacial score (nSPS) is 10.5. The zero-order valence-corrected chi connectivity index (χ0v) is 16.0. The minimum Gasteiger partial charge on any atom is -0.478 e. The highest BCUT2D eigenvalue weighted by atomic mass is 35.5. The summed E-state index contributed by atoms with van der Waals surface area (Å²) >= 11 is 7.37. The van der Waals surface area contributed by atoms with Gasteiger partial charge in [-0.05, 0) is 12.1 Å². The molecule has 0 saturated heterocycles. The van der Waals surface area contributed by atoms with Crippen molar-refractivity contribution in [3.05, 3.63) is 44.7 Å². The van der Waals surface area contributed by atoms with Crippen molar-refractivity contribution in [2.75, 3.05) is 18.6 Å². The summed E-state index contributed by atoms with van der Waals surface area (Å²) in [7, 11) is 1.25. The van der Waals surface area contributed by atoms with Crippen molar-refractivity contribution in [3.63, 3.8) is 0 Å². The predicted octanol–water partition coefficient (Wildman–Crippen LogP) is 2.33. The van der Waals surface area contributed by atoms with Gasteiger partial charge in [0.2, 0.25) is 0 Å². The second kappa shape index (κ2) is 8.81. The van der Waals surface area contributed by atoms with Crippen LogP contribution in [0, 0.1) is 0 Å². The fraction of sp³-hybridized carbons (Fsp3) is 0.176. The van der Waals surface area contributed by atoms with Crippen LogP contribution in [0.15, 0.2) is 27.9 Å². The molecule has 11 heteroatoms. The van der Waals surface area contributed by atoms with Crippen molar-refractivity contribution in [1.29, 1.82) is 0 Å². The Bertz CT molecular complexity index is 1020. The van der Waals surface area contributed by atoms with Gasteiger partial charge in [0.25, 0.3) is 5.56 Å². The Balaban J connectivity index is 2.77. The van der Waals surface area contributed by atoms with Gasteiger partial charge in [0.1, 0.15) is 16.9 Å². The van der Waals surface area contributed by atoms with E-state index in [0.29, 0.717) is 4.90 Å². The van der Waals surface area contributed by atoms with Gasteiger partial charge in [-0.1, -0.05) is 17.7 Å². The highest BCUT2D eigenvalue weighted by molar-refractivity contribution is 7.99. The van der Waals surface area contributed by atoms with Crippen LogP contribution in [-0.4, -0.2) is 46.0 Å². The molecule has 0 spiro atoms. The Kier molecular flexibility index (Phi) is 6.71. The number of halogens is 1. The van der Waals surface area contributed by atoms with E-state index in [9.17, 15) is 29.4 Å². The fourth-order valence-corrected chi connectivity index (χ4v) is 3.86. The van der Waals surface area contributed by atoms with E-state index >= 15 is 0 Å². The number of carbonyl (C=O) groups is 3. The molecule has 148 valence electrons. The summed E-state index contributed by atoms with van der Waals surface area (Å²) in [6.45, 7) is 0.